The van der Waals surface area contributed by atoms with Crippen LogP contribution in [0.2, 0.25) is 0 Å². The minimum atomic E-state index is -0.817. The lowest BCUT2D eigenvalue weighted by Gasteiger charge is -2.21. The summed E-state index contributed by atoms with van der Waals surface area (Å²) in [6.45, 7) is 9.53. The van der Waals surface area contributed by atoms with E-state index in [4.69, 9.17) is 4.74 Å². The predicted octanol–water partition coefficient (Wildman–Crippen LogP) is 2.95. The molecule has 1 unspecified atom stereocenters. The van der Waals surface area contributed by atoms with E-state index in [1.54, 1.807) is 7.05 Å². The van der Waals surface area contributed by atoms with E-state index in [9.17, 15) is 10.1 Å². The van der Waals surface area contributed by atoms with Crippen molar-refractivity contribution in [1.29, 1.82) is 0 Å². The van der Waals surface area contributed by atoms with Gasteiger partial charge < -0.3 is 19.8 Å². The van der Waals surface area contributed by atoms with Crippen molar-refractivity contribution in [2.24, 2.45) is 12.0 Å². The van der Waals surface area contributed by atoms with Crippen LogP contribution in [0.3, 0.4) is 0 Å². The Balaban J connectivity index is 2.19. The van der Waals surface area contributed by atoms with Gasteiger partial charge in [0.15, 0.2) is 0 Å². The molecule has 2 rings (SSSR count). The highest BCUT2D eigenvalue weighted by Crippen LogP contribution is 2.26. The molecule has 1 aromatic carbocycles. The van der Waals surface area contributed by atoms with Crippen LogP contribution in [0.15, 0.2) is 35.5 Å². The summed E-state index contributed by atoms with van der Waals surface area (Å²) >= 11 is 0. The van der Waals surface area contributed by atoms with Crippen molar-refractivity contribution in [3.8, 4) is 5.75 Å². The number of nitrogens with zero attached hydrogens (tertiary/aromatic N) is 5. The average Bonchev–Trinajstić information content (AvgIpc) is 2.97. The maximum absolute atomic E-state index is 10.9. The fourth-order valence-electron chi connectivity index (χ4n) is 2.44. The molecular formula is C16H21N5O3. The number of hydrogen-bond donors (Lipinski definition) is 0. The molecule has 0 aliphatic carbocycles. The Morgan fingerprint density at radius 2 is 2.00 bits per heavy atom. The highest BCUT2D eigenvalue weighted by molar-refractivity contribution is 5.49. The van der Waals surface area contributed by atoms with Gasteiger partial charge in [0.05, 0.1) is 7.05 Å². The Morgan fingerprint density at radius 1 is 1.38 bits per heavy atom. The van der Waals surface area contributed by atoms with Crippen LogP contribution in [0.5, 0.6) is 5.75 Å². The third-order valence-electron chi connectivity index (χ3n) is 3.79. The Morgan fingerprint density at radius 3 is 2.46 bits per heavy atom. The summed E-state index contributed by atoms with van der Waals surface area (Å²) in [6.07, 6.45) is 0.364. The van der Waals surface area contributed by atoms with Gasteiger partial charge in [-0.2, -0.15) is 0 Å². The van der Waals surface area contributed by atoms with Gasteiger partial charge in [-0.1, -0.05) is 0 Å². The average molecular weight is 331 g/mol. The van der Waals surface area contributed by atoms with Crippen LogP contribution in [-0.2, 0) is 7.05 Å². The molecule has 0 aliphatic heterocycles. The van der Waals surface area contributed by atoms with E-state index in [1.165, 1.54) is 10.8 Å². The molecule has 0 radical (unpaired) electrons. The molecule has 2 aromatic rings. The zero-order valence-electron chi connectivity index (χ0n) is 14.0. The fraction of sp³-hybridized carbons (Fsp3) is 0.375. The molecule has 0 aliphatic rings. The molecule has 0 saturated carbocycles. The summed E-state index contributed by atoms with van der Waals surface area (Å²) in [4.78, 5) is 20.5. The lowest BCUT2D eigenvalue weighted by molar-refractivity contribution is -0.391. The van der Waals surface area contributed by atoms with Gasteiger partial charge >= 0.3 is 5.82 Å². The Bertz CT molecular complexity index is 707. The number of anilines is 1. The summed E-state index contributed by atoms with van der Waals surface area (Å²) < 4.78 is 7.11. The summed E-state index contributed by atoms with van der Waals surface area (Å²) in [6, 6.07) is 7.60. The van der Waals surface area contributed by atoms with Gasteiger partial charge in [0.25, 0.3) is 12.1 Å². The minimum absolute atomic E-state index is 0.126. The number of aliphatic imine (C=N–C) groups is 1. The molecule has 8 heteroatoms. The molecule has 128 valence electrons. The highest BCUT2D eigenvalue weighted by Gasteiger charge is 2.25. The monoisotopic (exact) mass is 331 g/mol. The molecule has 8 nitrogen and oxygen atoms in total. The first-order valence-electron chi connectivity index (χ1n) is 7.65. The summed E-state index contributed by atoms with van der Waals surface area (Å²) in [5.74, 6) is 0.789. The molecular weight excluding hydrogens is 310 g/mol. The van der Waals surface area contributed by atoms with E-state index in [0.717, 1.165) is 18.8 Å². The molecule has 0 fully saturated rings. The van der Waals surface area contributed by atoms with Crippen molar-refractivity contribution < 1.29 is 9.66 Å². The van der Waals surface area contributed by atoms with E-state index in [-0.39, 0.29) is 5.82 Å². The number of hydrogen-bond acceptors (Lipinski definition) is 6. The first kappa shape index (κ1) is 17.5. The summed E-state index contributed by atoms with van der Waals surface area (Å²) in [5, 5.41) is 10.9. The number of ether oxygens (including phenoxy) is 1. The maximum atomic E-state index is 10.9. The van der Waals surface area contributed by atoms with Crippen LogP contribution >= 0.6 is 0 Å². The van der Waals surface area contributed by atoms with Gasteiger partial charge in [-0.05, 0) is 49.8 Å². The van der Waals surface area contributed by atoms with Crippen LogP contribution < -0.4 is 9.64 Å². The lowest BCUT2D eigenvalue weighted by atomic mass is 10.2. The largest absolute Gasteiger partial charge is 0.459 e. The number of imidazole rings is 1. The van der Waals surface area contributed by atoms with E-state index in [1.807, 2.05) is 24.3 Å². The third-order valence-corrected chi connectivity index (χ3v) is 3.79. The van der Waals surface area contributed by atoms with Gasteiger partial charge in [0, 0.05) is 18.8 Å². The molecule has 1 aromatic heterocycles. The molecule has 1 atom stereocenters. The molecule has 24 heavy (non-hydrogen) atoms. The predicted molar refractivity (Wildman–Crippen MR) is 92.8 cm³/mol. The minimum Gasteiger partial charge on any atom is -0.459 e. The number of benzene rings is 1. The molecule has 0 N–H and O–H groups in total. The molecule has 0 bridgehead atoms. The normalized spacial score (nSPS) is 11.8. The van der Waals surface area contributed by atoms with Gasteiger partial charge in [0.2, 0.25) is 0 Å². The molecule has 0 spiro atoms. The van der Waals surface area contributed by atoms with E-state index < -0.39 is 11.2 Å². The van der Waals surface area contributed by atoms with Crippen molar-refractivity contribution >= 4 is 18.2 Å². The molecule has 0 saturated heterocycles. The zero-order valence-corrected chi connectivity index (χ0v) is 14.0. The van der Waals surface area contributed by atoms with Gasteiger partial charge in [-0.3, -0.25) is 0 Å². The molecule has 0 amide bonds. The smallest absolute Gasteiger partial charge is 0.342 e. The number of nitro groups is 1. The highest BCUT2D eigenvalue weighted by atomic mass is 16.6. The number of rotatable bonds is 8. The maximum Gasteiger partial charge on any atom is 0.342 e. The van der Waals surface area contributed by atoms with Crippen LogP contribution in [0.25, 0.3) is 0 Å². The number of aromatic nitrogens is 2. The quantitative estimate of drug-likeness (QED) is 0.422. The fourth-order valence-corrected chi connectivity index (χ4v) is 2.44. The van der Waals surface area contributed by atoms with E-state index in [0.29, 0.717) is 11.6 Å². The first-order chi connectivity index (χ1) is 11.5. The zero-order chi connectivity index (χ0) is 17.7. The van der Waals surface area contributed by atoms with Crippen molar-refractivity contribution in [2.75, 3.05) is 18.0 Å². The van der Waals surface area contributed by atoms with Crippen molar-refractivity contribution in [3.63, 3.8) is 0 Å². The van der Waals surface area contributed by atoms with Crippen molar-refractivity contribution in [3.05, 3.63) is 46.4 Å². The van der Waals surface area contributed by atoms with Crippen LogP contribution in [0.4, 0.5) is 11.5 Å². The van der Waals surface area contributed by atoms with Crippen molar-refractivity contribution in [2.45, 2.75) is 20.1 Å². The standard InChI is InChI=1S/C16H21N5O3/c1-5-20(6-2)12-7-9-13(10-8-12)24-16(17-3)15-18-11-14(19(15)4)21(22)23/h7-11,16H,3,5-6H2,1-2,4H3. The van der Waals surface area contributed by atoms with Crippen LogP contribution in [-0.4, -0.2) is 34.3 Å². The Hall–Kier alpha value is -2.90. The summed E-state index contributed by atoms with van der Waals surface area (Å²) in [7, 11) is 1.55. The molecule has 1 heterocycles. The Labute approximate surface area is 140 Å². The van der Waals surface area contributed by atoms with E-state index in [2.05, 4.69) is 35.4 Å². The van der Waals surface area contributed by atoms with Crippen LogP contribution in [0.1, 0.15) is 25.9 Å². The second-order valence-corrected chi connectivity index (χ2v) is 5.11. The van der Waals surface area contributed by atoms with E-state index >= 15 is 0 Å². The van der Waals surface area contributed by atoms with Crippen molar-refractivity contribution in [1.82, 2.24) is 9.55 Å². The topological polar surface area (TPSA) is 85.8 Å². The second-order valence-electron chi connectivity index (χ2n) is 5.11. The van der Waals surface area contributed by atoms with Gasteiger partial charge in [0.1, 0.15) is 11.9 Å². The Kier molecular flexibility index (Phi) is 5.51. The van der Waals surface area contributed by atoms with Gasteiger partial charge in [-0.15, -0.1) is 0 Å². The first-order valence-corrected chi connectivity index (χ1v) is 7.65. The SMILES string of the molecule is C=NC(Oc1ccc(N(CC)CC)cc1)c1ncc([N+](=O)[O-])n1C. The third kappa shape index (κ3) is 3.53. The van der Waals surface area contributed by atoms with Crippen LogP contribution in [0, 0.1) is 10.1 Å². The summed E-state index contributed by atoms with van der Waals surface area (Å²) in [5.41, 5.74) is 1.10. The lowest BCUT2D eigenvalue weighted by Crippen LogP contribution is -2.21. The second kappa shape index (κ2) is 7.58. The van der Waals surface area contributed by atoms with Gasteiger partial charge in [-0.25, -0.2) is 14.5 Å².